The van der Waals surface area contributed by atoms with Crippen molar-refractivity contribution < 1.29 is 14.3 Å². The second kappa shape index (κ2) is 5.15. The number of carbonyl (C=O) groups is 2. The average molecular weight is 276 g/mol. The van der Waals surface area contributed by atoms with Gasteiger partial charge in [-0.2, -0.15) is 0 Å². The molecular formula is C15H20N2O3. The summed E-state index contributed by atoms with van der Waals surface area (Å²) in [5.41, 5.74) is 1.65. The zero-order chi connectivity index (χ0) is 14.9. The maximum atomic E-state index is 12.3. The number of amides is 1. The third-order valence-electron chi connectivity index (χ3n) is 3.11. The third-order valence-corrected chi connectivity index (χ3v) is 3.11. The molecule has 0 unspecified atom stereocenters. The van der Waals surface area contributed by atoms with Crippen molar-refractivity contribution in [2.24, 2.45) is 0 Å². The zero-order valence-corrected chi connectivity index (χ0v) is 12.3. The number of hydrogen-bond donors (Lipinski definition) is 0. The minimum Gasteiger partial charge on any atom is -0.443 e. The van der Waals surface area contributed by atoms with E-state index < -0.39 is 5.60 Å². The van der Waals surface area contributed by atoms with Crippen LogP contribution in [0.2, 0.25) is 0 Å². The molecule has 2 rings (SSSR count). The van der Waals surface area contributed by atoms with Gasteiger partial charge in [-0.25, -0.2) is 4.79 Å². The molecule has 0 saturated heterocycles. The summed E-state index contributed by atoms with van der Waals surface area (Å²) in [6, 6.07) is 5.33. The van der Waals surface area contributed by atoms with E-state index in [-0.39, 0.29) is 6.09 Å². The van der Waals surface area contributed by atoms with Crippen molar-refractivity contribution in [2.45, 2.75) is 26.4 Å². The second-order valence-electron chi connectivity index (χ2n) is 5.92. The van der Waals surface area contributed by atoms with Crippen molar-refractivity contribution >= 4 is 23.8 Å². The van der Waals surface area contributed by atoms with E-state index in [9.17, 15) is 9.59 Å². The van der Waals surface area contributed by atoms with Gasteiger partial charge in [-0.15, -0.1) is 0 Å². The largest absolute Gasteiger partial charge is 0.443 e. The van der Waals surface area contributed by atoms with Crippen molar-refractivity contribution in [1.29, 1.82) is 0 Å². The highest BCUT2D eigenvalue weighted by Gasteiger charge is 2.29. The molecule has 0 saturated carbocycles. The molecule has 20 heavy (non-hydrogen) atoms. The fraction of sp³-hybridized carbons (Fsp3) is 0.467. The first-order chi connectivity index (χ1) is 9.31. The Labute approximate surface area is 119 Å². The molecule has 0 aliphatic carbocycles. The molecule has 0 fully saturated rings. The van der Waals surface area contributed by atoms with Crippen LogP contribution in [0.15, 0.2) is 18.2 Å². The number of likely N-dealkylation sites (N-methyl/N-ethyl adjacent to an activating group) is 1. The van der Waals surface area contributed by atoms with E-state index >= 15 is 0 Å². The first-order valence-electron chi connectivity index (χ1n) is 6.63. The van der Waals surface area contributed by atoms with Crippen LogP contribution in [0.5, 0.6) is 0 Å². The van der Waals surface area contributed by atoms with Crippen molar-refractivity contribution in [1.82, 2.24) is 0 Å². The highest BCUT2D eigenvalue weighted by Crippen LogP contribution is 2.33. The first-order valence-corrected chi connectivity index (χ1v) is 6.63. The molecule has 0 aromatic heterocycles. The minimum atomic E-state index is -0.539. The monoisotopic (exact) mass is 276 g/mol. The maximum Gasteiger partial charge on any atom is 0.414 e. The summed E-state index contributed by atoms with van der Waals surface area (Å²) >= 11 is 0. The molecule has 1 aliphatic heterocycles. The molecule has 0 N–H and O–H groups in total. The van der Waals surface area contributed by atoms with Crippen molar-refractivity contribution in [3.8, 4) is 0 Å². The Balaban J connectivity index is 2.36. The molecule has 0 atom stereocenters. The third kappa shape index (κ3) is 2.92. The Morgan fingerprint density at radius 3 is 2.55 bits per heavy atom. The van der Waals surface area contributed by atoms with Gasteiger partial charge in [0.2, 0.25) is 0 Å². The molecule has 5 heteroatoms. The number of anilines is 2. The van der Waals surface area contributed by atoms with Crippen LogP contribution in [-0.2, 0) is 4.74 Å². The average Bonchev–Trinajstić information content (AvgIpc) is 2.36. The molecule has 1 aromatic rings. The summed E-state index contributed by atoms with van der Waals surface area (Å²) in [5, 5.41) is 0. The number of hydrogen-bond acceptors (Lipinski definition) is 4. The maximum absolute atomic E-state index is 12.3. The fourth-order valence-corrected chi connectivity index (χ4v) is 2.15. The van der Waals surface area contributed by atoms with Crippen LogP contribution in [0.4, 0.5) is 16.2 Å². The highest BCUT2D eigenvalue weighted by atomic mass is 16.6. The Bertz CT molecular complexity index is 534. The van der Waals surface area contributed by atoms with E-state index in [1.807, 2.05) is 33.9 Å². The van der Waals surface area contributed by atoms with E-state index in [0.717, 1.165) is 24.2 Å². The summed E-state index contributed by atoms with van der Waals surface area (Å²) in [5.74, 6) is 0. The highest BCUT2D eigenvalue weighted by molar-refractivity contribution is 5.95. The van der Waals surface area contributed by atoms with Gasteiger partial charge in [-0.05, 0) is 39.0 Å². The lowest BCUT2D eigenvalue weighted by molar-refractivity contribution is 0.0580. The molecule has 1 heterocycles. The lowest BCUT2D eigenvalue weighted by Gasteiger charge is -2.36. The minimum absolute atomic E-state index is 0.380. The number of nitrogens with zero attached hydrogens (tertiary/aromatic N) is 2. The Morgan fingerprint density at radius 2 is 1.95 bits per heavy atom. The van der Waals surface area contributed by atoms with Crippen LogP contribution in [0.3, 0.4) is 0 Å². The SMILES string of the molecule is CN1CCN(C(=O)OC(C)(C)C)c2cc(C=O)ccc21. The van der Waals surface area contributed by atoms with Gasteiger partial charge < -0.3 is 9.64 Å². The van der Waals surface area contributed by atoms with Gasteiger partial charge in [0, 0.05) is 25.7 Å². The fourth-order valence-electron chi connectivity index (χ4n) is 2.15. The van der Waals surface area contributed by atoms with Gasteiger partial charge in [0.25, 0.3) is 0 Å². The quantitative estimate of drug-likeness (QED) is 0.740. The molecule has 108 valence electrons. The molecular weight excluding hydrogens is 256 g/mol. The van der Waals surface area contributed by atoms with Crippen LogP contribution in [0.25, 0.3) is 0 Å². The predicted molar refractivity (Wildman–Crippen MR) is 78.7 cm³/mol. The van der Waals surface area contributed by atoms with Crippen molar-refractivity contribution in [2.75, 3.05) is 29.9 Å². The number of aldehydes is 1. The summed E-state index contributed by atoms with van der Waals surface area (Å²) < 4.78 is 5.42. The van der Waals surface area contributed by atoms with E-state index in [0.29, 0.717) is 12.1 Å². The van der Waals surface area contributed by atoms with Gasteiger partial charge in [0.05, 0.1) is 11.4 Å². The Kier molecular flexibility index (Phi) is 3.70. The van der Waals surface area contributed by atoms with Crippen LogP contribution < -0.4 is 9.80 Å². The Morgan fingerprint density at radius 1 is 1.25 bits per heavy atom. The molecule has 1 amide bonds. The van der Waals surface area contributed by atoms with E-state index in [1.54, 1.807) is 17.0 Å². The molecule has 1 aromatic carbocycles. The van der Waals surface area contributed by atoms with Gasteiger partial charge >= 0.3 is 6.09 Å². The van der Waals surface area contributed by atoms with Gasteiger partial charge in [0.15, 0.2) is 0 Å². The second-order valence-corrected chi connectivity index (χ2v) is 5.92. The first kappa shape index (κ1) is 14.4. The number of benzene rings is 1. The van der Waals surface area contributed by atoms with E-state index in [2.05, 4.69) is 4.90 Å². The summed E-state index contributed by atoms with van der Waals surface area (Å²) in [6.45, 7) is 6.78. The zero-order valence-electron chi connectivity index (χ0n) is 12.3. The number of ether oxygens (including phenoxy) is 1. The van der Waals surface area contributed by atoms with Crippen LogP contribution in [0.1, 0.15) is 31.1 Å². The molecule has 5 nitrogen and oxygen atoms in total. The van der Waals surface area contributed by atoms with Gasteiger partial charge in [0.1, 0.15) is 11.9 Å². The molecule has 0 spiro atoms. The molecule has 0 bridgehead atoms. The molecule has 0 radical (unpaired) electrons. The molecule has 1 aliphatic rings. The van der Waals surface area contributed by atoms with Crippen LogP contribution >= 0.6 is 0 Å². The van der Waals surface area contributed by atoms with Crippen molar-refractivity contribution in [3.05, 3.63) is 23.8 Å². The summed E-state index contributed by atoms with van der Waals surface area (Å²) in [7, 11) is 1.96. The number of fused-ring (bicyclic) bond motifs is 1. The van der Waals surface area contributed by atoms with Crippen molar-refractivity contribution in [3.63, 3.8) is 0 Å². The van der Waals surface area contributed by atoms with Gasteiger partial charge in [-0.1, -0.05) is 0 Å². The smallest absolute Gasteiger partial charge is 0.414 e. The normalized spacial score (nSPS) is 14.8. The predicted octanol–water partition coefficient (Wildman–Crippen LogP) is 2.69. The number of carbonyl (C=O) groups excluding carboxylic acids is 2. The summed E-state index contributed by atoms with van der Waals surface area (Å²) in [4.78, 5) is 26.9. The van der Waals surface area contributed by atoms with Gasteiger partial charge in [-0.3, -0.25) is 9.69 Å². The van der Waals surface area contributed by atoms with E-state index in [1.165, 1.54) is 0 Å². The lowest BCUT2D eigenvalue weighted by Crippen LogP contribution is -2.45. The topological polar surface area (TPSA) is 49.9 Å². The summed E-state index contributed by atoms with van der Waals surface area (Å²) in [6.07, 6.45) is 0.400. The lowest BCUT2D eigenvalue weighted by atomic mass is 10.1. The van der Waals surface area contributed by atoms with Crippen LogP contribution in [0, 0.1) is 0 Å². The van der Waals surface area contributed by atoms with E-state index in [4.69, 9.17) is 4.74 Å². The van der Waals surface area contributed by atoms with Crippen LogP contribution in [-0.4, -0.2) is 38.1 Å². The Hall–Kier alpha value is -2.04. The number of rotatable bonds is 1. The standard InChI is InChI=1S/C15H20N2O3/c1-15(2,3)20-14(19)17-8-7-16(4)12-6-5-11(10-18)9-13(12)17/h5-6,9-10H,7-8H2,1-4H3.